The van der Waals surface area contributed by atoms with Crippen molar-refractivity contribution in [3.63, 3.8) is 0 Å². The predicted octanol–water partition coefficient (Wildman–Crippen LogP) is 0.640. The lowest BCUT2D eigenvalue weighted by Gasteiger charge is -2.12. The number of hydrogen-bond acceptors (Lipinski definition) is 8. The zero-order valence-electron chi connectivity index (χ0n) is 15.0. The van der Waals surface area contributed by atoms with Gasteiger partial charge in [0.15, 0.2) is 11.5 Å². The van der Waals surface area contributed by atoms with Gasteiger partial charge in [0, 0.05) is 6.54 Å². The van der Waals surface area contributed by atoms with E-state index in [1.807, 2.05) is 0 Å². The molecule has 1 aliphatic heterocycles. The molecule has 10 heteroatoms. The van der Waals surface area contributed by atoms with E-state index in [0.29, 0.717) is 17.1 Å². The fourth-order valence-electron chi connectivity index (χ4n) is 3.70. The van der Waals surface area contributed by atoms with Gasteiger partial charge >= 0.3 is 0 Å². The van der Waals surface area contributed by atoms with Gasteiger partial charge < -0.3 is 29.4 Å². The average molecular weight is 397 g/mol. The smallest absolute Gasteiger partial charge is 0.231 e. The van der Waals surface area contributed by atoms with E-state index < -0.39 is 23.3 Å². The second-order valence-electron chi connectivity index (χ2n) is 6.69. The molecule has 3 heterocycles. The molecule has 10 nitrogen and oxygen atoms in total. The molecule has 0 fully saturated rings. The van der Waals surface area contributed by atoms with Gasteiger partial charge in [0.1, 0.15) is 22.5 Å². The van der Waals surface area contributed by atoms with Crippen molar-refractivity contribution in [3.05, 3.63) is 52.6 Å². The standard InChI is InChI=1S/C19H15N3O7/c23-4-3-21-7-20-14-15(21)17(25)13-12(16(14)24)18(26)22(19(13)27)6-9-1-2-10-11(5-9)29-8-28-10/h1-2,5,7,23,26-27H,3-4,6,8H2. The molecule has 0 spiro atoms. The SMILES string of the molecule is O=C1c2ncn(CCO)c2C(=O)c2c1c(O)n(Cc1ccc3c(c1)OCO3)c2O. The highest BCUT2D eigenvalue weighted by atomic mass is 16.7. The average Bonchev–Trinajstić information content (AvgIpc) is 3.39. The summed E-state index contributed by atoms with van der Waals surface area (Å²) in [5.41, 5.74) is -0.0403. The maximum absolute atomic E-state index is 13.0. The van der Waals surface area contributed by atoms with Crippen LogP contribution in [0.5, 0.6) is 23.3 Å². The van der Waals surface area contributed by atoms with Crippen LogP contribution < -0.4 is 9.47 Å². The minimum atomic E-state index is -0.663. The van der Waals surface area contributed by atoms with Gasteiger partial charge in [0.2, 0.25) is 30.1 Å². The zero-order valence-corrected chi connectivity index (χ0v) is 15.0. The minimum absolute atomic E-state index is 0.00381. The number of carbonyl (C=O) groups excluding carboxylic acids is 2. The molecule has 3 aromatic rings. The first-order valence-corrected chi connectivity index (χ1v) is 8.79. The van der Waals surface area contributed by atoms with Crippen molar-refractivity contribution >= 4 is 11.6 Å². The molecule has 0 amide bonds. The maximum atomic E-state index is 13.0. The highest BCUT2D eigenvalue weighted by Gasteiger charge is 2.41. The van der Waals surface area contributed by atoms with E-state index in [9.17, 15) is 19.8 Å². The van der Waals surface area contributed by atoms with E-state index in [2.05, 4.69) is 4.98 Å². The van der Waals surface area contributed by atoms with Crippen LogP contribution in [0.3, 0.4) is 0 Å². The Kier molecular flexibility index (Phi) is 3.65. The van der Waals surface area contributed by atoms with E-state index in [1.165, 1.54) is 10.9 Å². The summed E-state index contributed by atoms with van der Waals surface area (Å²) >= 11 is 0. The number of rotatable bonds is 4. The zero-order chi connectivity index (χ0) is 20.3. The van der Waals surface area contributed by atoms with Gasteiger partial charge in [-0.2, -0.15) is 0 Å². The number of carbonyl (C=O) groups is 2. The quantitative estimate of drug-likeness (QED) is 0.456. The van der Waals surface area contributed by atoms with Gasteiger partial charge in [0.05, 0.1) is 19.5 Å². The lowest BCUT2D eigenvalue weighted by Crippen LogP contribution is -2.22. The second kappa shape index (κ2) is 6.11. The Bertz CT molecular complexity index is 1190. The molecule has 0 bridgehead atoms. The maximum Gasteiger partial charge on any atom is 0.231 e. The van der Waals surface area contributed by atoms with Crippen molar-refractivity contribution in [1.82, 2.24) is 14.1 Å². The third kappa shape index (κ3) is 2.36. The van der Waals surface area contributed by atoms with Crippen molar-refractivity contribution in [2.75, 3.05) is 13.4 Å². The van der Waals surface area contributed by atoms with Gasteiger partial charge in [0.25, 0.3) is 0 Å². The fraction of sp³-hybridized carbons (Fsp3) is 0.211. The largest absolute Gasteiger partial charge is 0.494 e. The molecule has 3 N–H and O–H groups in total. The summed E-state index contributed by atoms with van der Waals surface area (Å²) in [5, 5.41) is 30.5. The third-order valence-corrected chi connectivity index (χ3v) is 5.05. The number of imidazole rings is 1. The molecule has 148 valence electrons. The van der Waals surface area contributed by atoms with Crippen LogP contribution in [0, 0.1) is 0 Å². The number of aliphatic hydroxyl groups excluding tert-OH is 1. The number of ether oxygens (including phenoxy) is 2. The van der Waals surface area contributed by atoms with Crippen LogP contribution in [0.1, 0.15) is 37.7 Å². The van der Waals surface area contributed by atoms with Crippen LogP contribution in [0.4, 0.5) is 0 Å². The van der Waals surface area contributed by atoms with Crippen molar-refractivity contribution < 1.29 is 34.4 Å². The normalized spacial score (nSPS) is 14.2. The molecule has 0 saturated heterocycles. The Labute approximate surface area is 163 Å². The Morgan fingerprint density at radius 2 is 1.76 bits per heavy atom. The molecule has 1 aliphatic carbocycles. The first-order chi connectivity index (χ1) is 14.0. The van der Waals surface area contributed by atoms with Gasteiger partial charge in [-0.1, -0.05) is 6.07 Å². The number of fused-ring (bicyclic) bond motifs is 3. The van der Waals surface area contributed by atoms with Gasteiger partial charge in [-0.15, -0.1) is 0 Å². The first kappa shape index (κ1) is 17.3. The minimum Gasteiger partial charge on any atom is -0.494 e. The Morgan fingerprint density at radius 3 is 2.52 bits per heavy atom. The molecule has 5 rings (SSSR count). The van der Waals surface area contributed by atoms with E-state index >= 15 is 0 Å². The molecular weight excluding hydrogens is 382 g/mol. The van der Waals surface area contributed by atoms with Crippen molar-refractivity contribution in [1.29, 1.82) is 0 Å². The van der Waals surface area contributed by atoms with Crippen molar-refractivity contribution in [3.8, 4) is 23.3 Å². The predicted molar refractivity (Wildman–Crippen MR) is 95.6 cm³/mol. The summed E-state index contributed by atoms with van der Waals surface area (Å²) in [4.78, 5) is 29.8. The molecule has 1 aromatic carbocycles. The number of aromatic nitrogens is 3. The molecule has 0 atom stereocenters. The molecule has 0 unspecified atom stereocenters. The second-order valence-corrected chi connectivity index (χ2v) is 6.69. The number of hydrogen-bond donors (Lipinski definition) is 3. The monoisotopic (exact) mass is 397 g/mol. The highest BCUT2D eigenvalue weighted by Crippen LogP contribution is 2.41. The molecule has 0 radical (unpaired) electrons. The van der Waals surface area contributed by atoms with E-state index in [-0.39, 0.29) is 49.0 Å². The molecule has 2 aromatic heterocycles. The fourth-order valence-corrected chi connectivity index (χ4v) is 3.70. The van der Waals surface area contributed by atoms with E-state index in [0.717, 1.165) is 4.57 Å². The Morgan fingerprint density at radius 1 is 1.03 bits per heavy atom. The van der Waals surface area contributed by atoms with E-state index in [4.69, 9.17) is 14.6 Å². The first-order valence-electron chi connectivity index (χ1n) is 8.79. The molecule has 2 aliphatic rings. The van der Waals surface area contributed by atoms with Crippen LogP contribution in [0.2, 0.25) is 0 Å². The molecule has 0 saturated carbocycles. The van der Waals surface area contributed by atoms with Crippen LogP contribution in [-0.2, 0) is 13.1 Å². The van der Waals surface area contributed by atoms with Crippen LogP contribution in [0.15, 0.2) is 24.5 Å². The summed E-state index contributed by atoms with van der Waals surface area (Å²) in [7, 11) is 0. The summed E-state index contributed by atoms with van der Waals surface area (Å²) in [6, 6.07) is 5.11. The van der Waals surface area contributed by atoms with Crippen molar-refractivity contribution in [2.45, 2.75) is 13.1 Å². The van der Waals surface area contributed by atoms with Crippen LogP contribution >= 0.6 is 0 Å². The van der Waals surface area contributed by atoms with E-state index in [1.54, 1.807) is 18.2 Å². The van der Waals surface area contributed by atoms with Gasteiger partial charge in [-0.25, -0.2) is 4.98 Å². The summed E-state index contributed by atoms with van der Waals surface area (Å²) in [6.07, 6.45) is 1.28. The summed E-state index contributed by atoms with van der Waals surface area (Å²) in [6.45, 7) is -0.0742. The van der Waals surface area contributed by atoms with Gasteiger partial charge in [-0.3, -0.25) is 14.2 Å². The number of aromatic hydroxyl groups is 2. The topological polar surface area (TPSA) is 136 Å². The van der Waals surface area contributed by atoms with Crippen LogP contribution in [-0.4, -0.2) is 54.4 Å². The van der Waals surface area contributed by atoms with Crippen molar-refractivity contribution in [2.24, 2.45) is 0 Å². The third-order valence-electron chi connectivity index (χ3n) is 5.05. The lowest BCUT2D eigenvalue weighted by atomic mass is 9.93. The van der Waals surface area contributed by atoms with Crippen LogP contribution in [0.25, 0.3) is 0 Å². The Balaban J connectivity index is 1.59. The Hall–Kier alpha value is -3.79. The lowest BCUT2D eigenvalue weighted by molar-refractivity contribution is 0.0967. The summed E-state index contributed by atoms with van der Waals surface area (Å²) in [5.74, 6) is -1.23. The molecular formula is C19H15N3O7. The van der Waals surface area contributed by atoms with Gasteiger partial charge in [-0.05, 0) is 17.7 Å². The number of nitrogens with zero attached hydrogens (tertiary/aromatic N) is 3. The number of benzene rings is 1. The highest BCUT2D eigenvalue weighted by molar-refractivity contribution is 6.29. The number of ketones is 2. The summed E-state index contributed by atoms with van der Waals surface area (Å²) < 4.78 is 13.0. The molecule has 29 heavy (non-hydrogen) atoms. The number of aliphatic hydroxyl groups is 1.